The van der Waals surface area contributed by atoms with Gasteiger partial charge in [0.15, 0.2) is 0 Å². The second-order valence-corrected chi connectivity index (χ2v) is 5.77. The molecule has 1 aliphatic rings. The number of allylic oxidation sites excluding steroid dienone is 1. The third-order valence-corrected chi connectivity index (χ3v) is 5.01. The van der Waals surface area contributed by atoms with E-state index in [1.54, 1.807) is 0 Å². The van der Waals surface area contributed by atoms with E-state index in [1.165, 1.54) is 10.4 Å². The molecule has 0 amide bonds. The molecule has 3 rings (SSSR count). The highest BCUT2D eigenvalue weighted by molar-refractivity contribution is 8.02. The van der Waals surface area contributed by atoms with Gasteiger partial charge in [-0.2, -0.15) is 0 Å². The summed E-state index contributed by atoms with van der Waals surface area (Å²) in [6.07, 6.45) is 2.35. The molecule has 1 atom stereocenters. The summed E-state index contributed by atoms with van der Waals surface area (Å²) in [5.74, 6) is 1.12. The van der Waals surface area contributed by atoms with Crippen molar-refractivity contribution in [1.29, 1.82) is 0 Å². The molecule has 1 unspecified atom stereocenters. The van der Waals surface area contributed by atoms with E-state index >= 15 is 0 Å². The average molecular weight is 244 g/mol. The topological polar surface area (TPSA) is 0 Å². The summed E-state index contributed by atoms with van der Waals surface area (Å²) in [6.45, 7) is 0. The molecule has 0 radical (unpaired) electrons. The fraction of sp³-hybridized carbons (Fsp3) is 0.143. The molecule has 0 spiro atoms. The Labute approximate surface area is 104 Å². The van der Waals surface area contributed by atoms with Crippen molar-refractivity contribution in [2.75, 3.05) is 5.75 Å². The van der Waals surface area contributed by atoms with Gasteiger partial charge in [-0.25, -0.2) is 0 Å². The average Bonchev–Trinajstić information content (AvgIpc) is 3.02. The molecule has 1 aromatic carbocycles. The minimum absolute atomic E-state index is 0.111. The van der Waals surface area contributed by atoms with E-state index in [0.29, 0.717) is 0 Å². The predicted octanol–water partition coefficient (Wildman–Crippen LogP) is 4.29. The highest BCUT2D eigenvalue weighted by Crippen LogP contribution is 2.43. The number of thiophene rings is 1. The van der Waals surface area contributed by atoms with Gasteiger partial charge in [0, 0.05) is 10.6 Å². The van der Waals surface area contributed by atoms with E-state index in [0.717, 1.165) is 5.75 Å². The molecule has 16 heavy (non-hydrogen) atoms. The normalized spacial score (nSPS) is 23.8. The van der Waals surface area contributed by atoms with Crippen LogP contribution in [0.1, 0.15) is 10.4 Å². The maximum Gasteiger partial charge on any atom is 0.0577 e. The van der Waals surface area contributed by atoms with Crippen molar-refractivity contribution in [2.24, 2.45) is 0 Å². The Kier molecular flexibility index (Phi) is 2.62. The van der Waals surface area contributed by atoms with Crippen LogP contribution in [0.25, 0.3) is 0 Å². The van der Waals surface area contributed by atoms with Crippen molar-refractivity contribution >= 4 is 23.1 Å². The first kappa shape index (κ1) is 10.2. The maximum atomic E-state index is 2.35. The molecular formula is C14H12S2. The van der Waals surface area contributed by atoms with Crippen LogP contribution in [-0.2, 0) is 5.41 Å². The summed E-state index contributed by atoms with van der Waals surface area (Å²) in [6, 6.07) is 15.2. The van der Waals surface area contributed by atoms with E-state index in [4.69, 9.17) is 0 Å². The van der Waals surface area contributed by atoms with Crippen molar-refractivity contribution < 1.29 is 0 Å². The van der Waals surface area contributed by atoms with Gasteiger partial charge in [0.05, 0.1) is 5.41 Å². The zero-order valence-corrected chi connectivity index (χ0v) is 10.4. The summed E-state index contributed by atoms with van der Waals surface area (Å²) in [4.78, 5) is 1.44. The van der Waals surface area contributed by atoms with Gasteiger partial charge < -0.3 is 0 Å². The molecule has 1 aliphatic heterocycles. The summed E-state index contributed by atoms with van der Waals surface area (Å²) in [5.41, 5.74) is 1.51. The van der Waals surface area contributed by atoms with Crippen molar-refractivity contribution in [2.45, 2.75) is 5.41 Å². The Morgan fingerprint density at radius 1 is 1.00 bits per heavy atom. The Hall–Kier alpha value is -0.990. The van der Waals surface area contributed by atoms with Gasteiger partial charge >= 0.3 is 0 Å². The van der Waals surface area contributed by atoms with Gasteiger partial charge in [-0.3, -0.25) is 0 Å². The van der Waals surface area contributed by atoms with Crippen LogP contribution in [0, 0.1) is 0 Å². The lowest BCUT2D eigenvalue weighted by Crippen LogP contribution is -2.24. The predicted molar refractivity (Wildman–Crippen MR) is 73.1 cm³/mol. The Morgan fingerprint density at radius 2 is 1.88 bits per heavy atom. The molecule has 2 aromatic rings. The summed E-state index contributed by atoms with van der Waals surface area (Å²) < 4.78 is 0. The van der Waals surface area contributed by atoms with Crippen LogP contribution in [-0.4, -0.2) is 5.75 Å². The third-order valence-electron chi connectivity index (χ3n) is 3.01. The maximum absolute atomic E-state index is 2.35. The van der Waals surface area contributed by atoms with Gasteiger partial charge in [0.1, 0.15) is 0 Å². The van der Waals surface area contributed by atoms with Gasteiger partial charge in [0.25, 0.3) is 0 Å². The zero-order valence-electron chi connectivity index (χ0n) is 8.80. The van der Waals surface area contributed by atoms with Crippen LogP contribution in [0.15, 0.2) is 59.3 Å². The first-order valence-corrected chi connectivity index (χ1v) is 7.23. The number of benzene rings is 1. The lowest BCUT2D eigenvalue weighted by Gasteiger charge is -2.26. The monoisotopic (exact) mass is 244 g/mol. The fourth-order valence-corrected chi connectivity index (χ4v) is 4.26. The van der Waals surface area contributed by atoms with Gasteiger partial charge in [-0.05, 0) is 22.4 Å². The molecule has 0 aliphatic carbocycles. The van der Waals surface area contributed by atoms with Crippen LogP contribution in [0.5, 0.6) is 0 Å². The van der Waals surface area contributed by atoms with Crippen LogP contribution in [0.4, 0.5) is 0 Å². The number of rotatable bonds is 2. The highest BCUT2D eigenvalue weighted by atomic mass is 32.2. The van der Waals surface area contributed by atoms with E-state index in [9.17, 15) is 0 Å². The molecule has 0 saturated heterocycles. The summed E-state index contributed by atoms with van der Waals surface area (Å²) in [7, 11) is 0. The zero-order chi connectivity index (χ0) is 10.8. The Balaban J connectivity index is 2.15. The summed E-state index contributed by atoms with van der Waals surface area (Å²) in [5, 5.41) is 4.39. The van der Waals surface area contributed by atoms with Crippen molar-refractivity contribution in [1.82, 2.24) is 0 Å². The molecule has 2 heterocycles. The van der Waals surface area contributed by atoms with Crippen molar-refractivity contribution in [3.63, 3.8) is 0 Å². The second-order valence-electron chi connectivity index (χ2n) is 3.93. The first-order valence-electron chi connectivity index (χ1n) is 5.31. The SMILES string of the molecule is C1=CC(c2ccccc2)(c2cccs2)CS1. The molecule has 2 heteroatoms. The Bertz CT molecular complexity index is 485. The van der Waals surface area contributed by atoms with E-state index in [-0.39, 0.29) is 5.41 Å². The van der Waals surface area contributed by atoms with E-state index < -0.39 is 0 Å². The Morgan fingerprint density at radius 3 is 2.50 bits per heavy atom. The van der Waals surface area contributed by atoms with Gasteiger partial charge in [0.2, 0.25) is 0 Å². The second kappa shape index (κ2) is 4.11. The lowest BCUT2D eigenvalue weighted by molar-refractivity contribution is 0.766. The molecule has 80 valence electrons. The molecular weight excluding hydrogens is 232 g/mol. The van der Waals surface area contributed by atoms with Crippen LogP contribution in [0.3, 0.4) is 0 Å². The number of hydrogen-bond acceptors (Lipinski definition) is 2. The van der Waals surface area contributed by atoms with Crippen molar-refractivity contribution in [3.8, 4) is 0 Å². The standard InChI is InChI=1S/C14H12S2/c1-2-5-12(6-3-1)14(8-10-15-11-14)13-7-4-9-16-13/h1-10H,11H2. The quantitative estimate of drug-likeness (QED) is 0.759. The van der Waals surface area contributed by atoms with E-state index in [2.05, 4.69) is 59.3 Å². The van der Waals surface area contributed by atoms with E-state index in [1.807, 2.05) is 23.1 Å². The molecule has 0 N–H and O–H groups in total. The van der Waals surface area contributed by atoms with Crippen LogP contribution in [0.2, 0.25) is 0 Å². The lowest BCUT2D eigenvalue weighted by atomic mass is 9.81. The van der Waals surface area contributed by atoms with Crippen molar-refractivity contribution in [3.05, 3.63) is 69.8 Å². The third kappa shape index (κ3) is 1.53. The molecule has 0 saturated carbocycles. The largest absolute Gasteiger partial charge is 0.148 e. The smallest absolute Gasteiger partial charge is 0.0577 e. The summed E-state index contributed by atoms with van der Waals surface area (Å²) >= 11 is 3.75. The number of hydrogen-bond donors (Lipinski definition) is 0. The minimum Gasteiger partial charge on any atom is -0.148 e. The molecule has 0 bridgehead atoms. The first-order chi connectivity index (χ1) is 7.92. The fourth-order valence-electron chi connectivity index (χ4n) is 2.13. The van der Waals surface area contributed by atoms with Crippen LogP contribution < -0.4 is 0 Å². The van der Waals surface area contributed by atoms with Gasteiger partial charge in [-0.1, -0.05) is 42.5 Å². The molecule has 0 nitrogen and oxygen atoms in total. The van der Waals surface area contributed by atoms with Gasteiger partial charge in [-0.15, -0.1) is 23.1 Å². The molecule has 0 fully saturated rings. The number of thioether (sulfide) groups is 1. The van der Waals surface area contributed by atoms with Crippen LogP contribution >= 0.6 is 23.1 Å². The highest BCUT2D eigenvalue weighted by Gasteiger charge is 2.34. The minimum atomic E-state index is 0.111. The molecule has 1 aromatic heterocycles.